The topological polar surface area (TPSA) is 99.4 Å². The van der Waals surface area contributed by atoms with Gasteiger partial charge in [-0.15, -0.1) is 0 Å². The first-order valence-electron chi connectivity index (χ1n) is 8.51. The Labute approximate surface area is 133 Å². The van der Waals surface area contributed by atoms with E-state index in [0.29, 0.717) is 6.61 Å². The Hall–Kier alpha value is -0.240. The highest BCUT2D eigenvalue weighted by Crippen LogP contribution is 2.32. The Morgan fingerprint density at radius 3 is 2.05 bits per heavy atom. The summed E-state index contributed by atoms with van der Waals surface area (Å²) in [6.45, 7) is 1.56. The van der Waals surface area contributed by atoms with Gasteiger partial charge in [0.1, 0.15) is 24.9 Å². The van der Waals surface area contributed by atoms with E-state index >= 15 is 0 Å². The first kappa shape index (κ1) is 19.8. The quantitative estimate of drug-likeness (QED) is 0.400. The standard InChI is InChI=1S/C16H32O6/c1-2-3-4-5-6-7-8-9-10-21-16(12-18)15(20)14(19)13(11-17)22-16/h13-15,17-20H,2-12H2,1H3/t13-,14-,15+,16-/m1/s1. The second-order valence-electron chi connectivity index (χ2n) is 6.07. The molecule has 0 amide bonds. The maximum Gasteiger partial charge on any atom is 0.221 e. The normalized spacial score (nSPS) is 31.8. The summed E-state index contributed by atoms with van der Waals surface area (Å²) < 4.78 is 10.8. The summed E-state index contributed by atoms with van der Waals surface area (Å²) in [5, 5.41) is 38.2. The summed E-state index contributed by atoms with van der Waals surface area (Å²) in [5.41, 5.74) is 0. The number of aliphatic hydroxyl groups excluding tert-OH is 4. The van der Waals surface area contributed by atoms with Gasteiger partial charge in [0.15, 0.2) is 0 Å². The minimum absolute atomic E-state index is 0.345. The summed E-state index contributed by atoms with van der Waals surface area (Å²) in [6.07, 6.45) is 5.76. The van der Waals surface area contributed by atoms with Crippen molar-refractivity contribution in [2.24, 2.45) is 0 Å². The van der Waals surface area contributed by atoms with Crippen molar-refractivity contribution in [3.8, 4) is 0 Å². The third kappa shape index (κ3) is 5.44. The number of unbranched alkanes of at least 4 members (excludes halogenated alkanes) is 7. The first-order chi connectivity index (χ1) is 10.6. The van der Waals surface area contributed by atoms with Gasteiger partial charge >= 0.3 is 0 Å². The molecular formula is C16H32O6. The molecule has 1 fully saturated rings. The lowest BCUT2D eigenvalue weighted by molar-refractivity contribution is -0.276. The average molecular weight is 320 g/mol. The first-order valence-corrected chi connectivity index (χ1v) is 8.51. The third-order valence-electron chi connectivity index (χ3n) is 4.25. The van der Waals surface area contributed by atoms with Crippen molar-refractivity contribution in [2.75, 3.05) is 19.8 Å². The second-order valence-corrected chi connectivity index (χ2v) is 6.07. The third-order valence-corrected chi connectivity index (χ3v) is 4.25. The van der Waals surface area contributed by atoms with E-state index in [1.54, 1.807) is 0 Å². The summed E-state index contributed by atoms with van der Waals surface area (Å²) in [7, 11) is 0. The summed E-state index contributed by atoms with van der Waals surface area (Å²) in [6, 6.07) is 0. The van der Waals surface area contributed by atoms with Crippen LogP contribution in [0.2, 0.25) is 0 Å². The molecule has 1 aliphatic heterocycles. The Morgan fingerprint density at radius 1 is 0.955 bits per heavy atom. The lowest BCUT2D eigenvalue weighted by Crippen LogP contribution is -2.48. The smallest absolute Gasteiger partial charge is 0.221 e. The van der Waals surface area contributed by atoms with Crippen molar-refractivity contribution in [1.82, 2.24) is 0 Å². The molecule has 132 valence electrons. The van der Waals surface area contributed by atoms with Crippen molar-refractivity contribution in [2.45, 2.75) is 82.4 Å². The molecule has 0 bridgehead atoms. The van der Waals surface area contributed by atoms with Crippen LogP contribution in [0.15, 0.2) is 0 Å². The summed E-state index contributed by atoms with van der Waals surface area (Å²) in [5.74, 6) is -1.62. The lowest BCUT2D eigenvalue weighted by Gasteiger charge is -2.30. The van der Waals surface area contributed by atoms with Crippen LogP contribution in [0.1, 0.15) is 58.3 Å². The molecule has 0 aromatic heterocycles. The van der Waals surface area contributed by atoms with E-state index in [1.165, 1.54) is 32.1 Å². The maximum atomic E-state index is 9.96. The van der Waals surface area contributed by atoms with E-state index in [-0.39, 0.29) is 0 Å². The van der Waals surface area contributed by atoms with Gasteiger partial charge in [0.2, 0.25) is 5.79 Å². The lowest BCUT2D eigenvalue weighted by atomic mass is 10.1. The van der Waals surface area contributed by atoms with Gasteiger partial charge in [-0.25, -0.2) is 0 Å². The zero-order chi connectivity index (χ0) is 16.4. The van der Waals surface area contributed by atoms with E-state index in [9.17, 15) is 15.3 Å². The summed E-state index contributed by atoms with van der Waals surface area (Å²) in [4.78, 5) is 0. The van der Waals surface area contributed by atoms with Crippen LogP contribution in [-0.2, 0) is 9.47 Å². The van der Waals surface area contributed by atoms with Gasteiger partial charge in [-0.2, -0.15) is 0 Å². The number of ether oxygens (including phenoxy) is 2. The average Bonchev–Trinajstić information content (AvgIpc) is 2.78. The number of aliphatic hydroxyl groups is 4. The fourth-order valence-electron chi connectivity index (χ4n) is 2.78. The SMILES string of the molecule is CCCCCCCCCCO[C@]1(CO)O[C@H](CO)[C@@H](O)[C@@H]1O. The largest absolute Gasteiger partial charge is 0.394 e. The second kappa shape index (κ2) is 10.5. The van der Waals surface area contributed by atoms with E-state index in [2.05, 4.69) is 6.92 Å². The molecule has 6 nitrogen and oxygen atoms in total. The van der Waals surface area contributed by atoms with Gasteiger partial charge in [-0.1, -0.05) is 51.9 Å². The molecule has 1 aliphatic rings. The van der Waals surface area contributed by atoms with Crippen LogP contribution in [-0.4, -0.2) is 64.3 Å². The van der Waals surface area contributed by atoms with Crippen LogP contribution in [0, 0.1) is 0 Å². The Balaban J connectivity index is 2.19. The molecule has 0 aromatic carbocycles. The molecule has 0 radical (unpaired) electrons. The number of hydrogen-bond donors (Lipinski definition) is 4. The van der Waals surface area contributed by atoms with Gasteiger partial charge < -0.3 is 29.9 Å². The van der Waals surface area contributed by atoms with Crippen LogP contribution >= 0.6 is 0 Å². The van der Waals surface area contributed by atoms with Gasteiger partial charge in [-0.3, -0.25) is 0 Å². The van der Waals surface area contributed by atoms with Gasteiger partial charge in [-0.05, 0) is 6.42 Å². The molecule has 0 aliphatic carbocycles. The summed E-state index contributed by atoms with van der Waals surface area (Å²) >= 11 is 0. The molecule has 22 heavy (non-hydrogen) atoms. The monoisotopic (exact) mass is 320 g/mol. The molecular weight excluding hydrogens is 288 g/mol. The van der Waals surface area contributed by atoms with Crippen LogP contribution in [0.4, 0.5) is 0 Å². The Morgan fingerprint density at radius 2 is 1.55 bits per heavy atom. The van der Waals surface area contributed by atoms with Crippen molar-refractivity contribution in [3.63, 3.8) is 0 Å². The van der Waals surface area contributed by atoms with E-state index in [1.807, 2.05) is 0 Å². The highest BCUT2D eigenvalue weighted by Gasteiger charge is 2.54. The molecule has 6 heteroatoms. The van der Waals surface area contributed by atoms with Crippen molar-refractivity contribution in [3.05, 3.63) is 0 Å². The van der Waals surface area contributed by atoms with Gasteiger partial charge in [0.05, 0.1) is 13.2 Å². The van der Waals surface area contributed by atoms with Crippen molar-refractivity contribution >= 4 is 0 Å². The Kier molecular flexibility index (Phi) is 9.47. The van der Waals surface area contributed by atoms with Crippen LogP contribution in [0.3, 0.4) is 0 Å². The molecule has 4 N–H and O–H groups in total. The molecule has 1 saturated heterocycles. The molecule has 0 spiro atoms. The highest BCUT2D eigenvalue weighted by molar-refractivity contribution is 4.96. The molecule has 0 aromatic rings. The minimum Gasteiger partial charge on any atom is -0.394 e. The zero-order valence-corrected chi connectivity index (χ0v) is 13.6. The van der Waals surface area contributed by atoms with Crippen molar-refractivity contribution < 1.29 is 29.9 Å². The van der Waals surface area contributed by atoms with Crippen molar-refractivity contribution in [1.29, 1.82) is 0 Å². The fraction of sp³-hybridized carbons (Fsp3) is 1.00. The molecule has 1 heterocycles. The molecule has 4 atom stereocenters. The predicted molar refractivity (Wildman–Crippen MR) is 82.4 cm³/mol. The van der Waals surface area contributed by atoms with E-state index in [0.717, 1.165) is 19.3 Å². The minimum atomic E-state index is -1.62. The van der Waals surface area contributed by atoms with Crippen LogP contribution < -0.4 is 0 Å². The number of hydrogen-bond acceptors (Lipinski definition) is 6. The van der Waals surface area contributed by atoms with E-state index in [4.69, 9.17) is 14.6 Å². The highest BCUT2D eigenvalue weighted by atomic mass is 16.7. The van der Waals surface area contributed by atoms with Gasteiger partial charge in [0, 0.05) is 0 Å². The Bertz CT molecular complexity index is 288. The molecule has 1 rings (SSSR count). The maximum absolute atomic E-state index is 9.96. The van der Waals surface area contributed by atoms with E-state index < -0.39 is 37.3 Å². The molecule has 0 unspecified atom stereocenters. The predicted octanol–water partition coefficient (Wildman–Crippen LogP) is 0.945. The van der Waals surface area contributed by atoms with Crippen LogP contribution in [0.25, 0.3) is 0 Å². The van der Waals surface area contributed by atoms with Crippen LogP contribution in [0.5, 0.6) is 0 Å². The number of rotatable bonds is 12. The molecule has 0 saturated carbocycles. The van der Waals surface area contributed by atoms with Gasteiger partial charge in [0.25, 0.3) is 0 Å². The zero-order valence-electron chi connectivity index (χ0n) is 13.6. The fourth-order valence-corrected chi connectivity index (χ4v) is 2.78.